The van der Waals surface area contributed by atoms with Gasteiger partial charge >= 0.3 is 0 Å². The molecular formula is C15H21N. The van der Waals surface area contributed by atoms with Gasteiger partial charge in [0.15, 0.2) is 0 Å². The van der Waals surface area contributed by atoms with Crippen LogP contribution in [0.2, 0.25) is 0 Å². The monoisotopic (exact) mass is 215 g/mol. The fraction of sp³-hybridized carbons (Fsp3) is 0.600. The highest BCUT2D eigenvalue weighted by Gasteiger charge is 2.44. The third kappa shape index (κ3) is 1.34. The Labute approximate surface area is 98.0 Å². The van der Waals surface area contributed by atoms with Gasteiger partial charge in [-0.15, -0.1) is 0 Å². The van der Waals surface area contributed by atoms with Gasteiger partial charge in [0.25, 0.3) is 0 Å². The van der Waals surface area contributed by atoms with Gasteiger partial charge in [0.1, 0.15) is 0 Å². The molecule has 0 heterocycles. The molecule has 1 heteroatoms. The predicted octanol–water partition coefficient (Wildman–Crippen LogP) is 3.02. The minimum atomic E-state index is 0.354. The summed E-state index contributed by atoms with van der Waals surface area (Å²) in [6.45, 7) is 2.44. The van der Waals surface area contributed by atoms with Gasteiger partial charge in [-0.25, -0.2) is 0 Å². The van der Waals surface area contributed by atoms with Crippen molar-refractivity contribution in [1.29, 1.82) is 0 Å². The average molecular weight is 215 g/mol. The van der Waals surface area contributed by atoms with E-state index in [1.54, 1.807) is 5.56 Å². The van der Waals surface area contributed by atoms with Crippen molar-refractivity contribution in [2.24, 2.45) is 11.7 Å². The summed E-state index contributed by atoms with van der Waals surface area (Å²) in [6.07, 6.45) is 6.47. The molecule has 0 saturated heterocycles. The Morgan fingerprint density at radius 3 is 2.94 bits per heavy atom. The molecule has 86 valence electrons. The third-order valence-corrected chi connectivity index (χ3v) is 4.88. The number of hydrogen-bond acceptors (Lipinski definition) is 1. The Morgan fingerprint density at radius 2 is 2.06 bits per heavy atom. The molecule has 1 nitrogen and oxygen atoms in total. The molecule has 0 aliphatic heterocycles. The molecule has 0 spiro atoms. The molecule has 0 bridgehead atoms. The third-order valence-electron chi connectivity index (χ3n) is 4.88. The molecule has 16 heavy (non-hydrogen) atoms. The van der Waals surface area contributed by atoms with Crippen molar-refractivity contribution in [3.05, 3.63) is 35.4 Å². The lowest BCUT2D eigenvalue weighted by molar-refractivity contribution is 0.156. The van der Waals surface area contributed by atoms with E-state index in [2.05, 4.69) is 31.2 Å². The minimum absolute atomic E-state index is 0.354. The first kappa shape index (κ1) is 10.3. The van der Waals surface area contributed by atoms with Crippen molar-refractivity contribution < 1.29 is 0 Å². The number of hydrogen-bond donors (Lipinski definition) is 1. The highest BCUT2D eigenvalue weighted by Crippen LogP contribution is 2.49. The van der Waals surface area contributed by atoms with Crippen LogP contribution in [-0.2, 0) is 11.8 Å². The molecule has 0 radical (unpaired) electrons. The summed E-state index contributed by atoms with van der Waals surface area (Å²) in [7, 11) is 0. The Morgan fingerprint density at radius 1 is 1.25 bits per heavy atom. The molecule has 2 aliphatic rings. The zero-order valence-corrected chi connectivity index (χ0v) is 10.1. The molecule has 0 amide bonds. The topological polar surface area (TPSA) is 26.0 Å². The van der Waals surface area contributed by atoms with E-state index in [-0.39, 0.29) is 0 Å². The summed E-state index contributed by atoms with van der Waals surface area (Å²) < 4.78 is 0. The van der Waals surface area contributed by atoms with Crippen LogP contribution in [0, 0.1) is 5.92 Å². The Kier molecular flexibility index (Phi) is 2.32. The van der Waals surface area contributed by atoms with Crippen LogP contribution >= 0.6 is 0 Å². The standard InChI is InChI=1S/C15H21N/c1-15-9-5-4-8-13(15)14(16)10-11-6-2-3-7-12(11)15/h2-3,6-7,13-14H,4-5,8-10,16H2,1H3/t13-,14-,15+/m0/s1. The molecule has 0 unspecified atom stereocenters. The highest BCUT2D eigenvalue weighted by molar-refractivity contribution is 5.39. The van der Waals surface area contributed by atoms with E-state index < -0.39 is 0 Å². The van der Waals surface area contributed by atoms with Gasteiger partial charge in [-0.3, -0.25) is 0 Å². The van der Waals surface area contributed by atoms with Gasteiger partial charge in [-0.2, -0.15) is 0 Å². The first-order valence-electron chi connectivity index (χ1n) is 6.56. The average Bonchev–Trinajstić information content (AvgIpc) is 2.29. The number of rotatable bonds is 0. The molecule has 1 fully saturated rings. The van der Waals surface area contributed by atoms with E-state index in [1.165, 1.54) is 31.2 Å². The lowest BCUT2D eigenvalue weighted by Crippen LogP contribution is -2.50. The van der Waals surface area contributed by atoms with E-state index in [0.717, 1.165) is 6.42 Å². The second-order valence-electron chi connectivity index (χ2n) is 5.79. The molecule has 1 aromatic carbocycles. The molecular weight excluding hydrogens is 194 g/mol. The van der Waals surface area contributed by atoms with Crippen molar-refractivity contribution >= 4 is 0 Å². The maximum atomic E-state index is 6.39. The van der Waals surface area contributed by atoms with E-state index in [1.807, 2.05) is 0 Å². The first-order valence-corrected chi connectivity index (χ1v) is 6.56. The lowest BCUT2D eigenvalue weighted by atomic mass is 9.57. The summed E-state index contributed by atoms with van der Waals surface area (Å²) in [6, 6.07) is 9.32. The van der Waals surface area contributed by atoms with Gasteiger partial charge in [-0.05, 0) is 41.7 Å². The second kappa shape index (κ2) is 3.59. The summed E-state index contributed by atoms with van der Waals surface area (Å²) >= 11 is 0. The predicted molar refractivity (Wildman–Crippen MR) is 67.4 cm³/mol. The van der Waals surface area contributed by atoms with Crippen LogP contribution in [-0.4, -0.2) is 6.04 Å². The number of benzene rings is 1. The highest BCUT2D eigenvalue weighted by atomic mass is 14.7. The SMILES string of the molecule is C[C@]12CCCC[C@H]1[C@@H](N)Cc1ccccc12. The number of fused-ring (bicyclic) bond motifs is 3. The van der Waals surface area contributed by atoms with Gasteiger partial charge in [-0.1, -0.05) is 44.0 Å². The normalized spacial score (nSPS) is 37.6. The van der Waals surface area contributed by atoms with Crippen LogP contribution in [0.25, 0.3) is 0 Å². The van der Waals surface area contributed by atoms with Gasteiger partial charge < -0.3 is 5.73 Å². The maximum Gasteiger partial charge on any atom is 0.0116 e. The van der Waals surface area contributed by atoms with Gasteiger partial charge in [0.2, 0.25) is 0 Å². The zero-order chi connectivity index (χ0) is 11.2. The van der Waals surface area contributed by atoms with Crippen LogP contribution in [0.15, 0.2) is 24.3 Å². The van der Waals surface area contributed by atoms with Gasteiger partial charge in [0, 0.05) is 6.04 Å². The smallest absolute Gasteiger partial charge is 0.0116 e. The van der Waals surface area contributed by atoms with Crippen LogP contribution in [0.3, 0.4) is 0 Å². The van der Waals surface area contributed by atoms with Crippen molar-refractivity contribution in [1.82, 2.24) is 0 Å². The van der Waals surface area contributed by atoms with Crippen molar-refractivity contribution in [2.75, 3.05) is 0 Å². The Balaban J connectivity index is 2.12. The van der Waals surface area contributed by atoms with Crippen LogP contribution < -0.4 is 5.73 Å². The Hall–Kier alpha value is -0.820. The van der Waals surface area contributed by atoms with Crippen molar-refractivity contribution in [3.8, 4) is 0 Å². The zero-order valence-electron chi connectivity index (χ0n) is 10.1. The quantitative estimate of drug-likeness (QED) is 0.707. The van der Waals surface area contributed by atoms with Gasteiger partial charge in [0.05, 0.1) is 0 Å². The molecule has 3 rings (SSSR count). The molecule has 2 N–H and O–H groups in total. The largest absolute Gasteiger partial charge is 0.327 e. The Bertz CT molecular complexity index is 398. The van der Waals surface area contributed by atoms with Crippen LogP contribution in [0.5, 0.6) is 0 Å². The van der Waals surface area contributed by atoms with Crippen LogP contribution in [0.4, 0.5) is 0 Å². The fourth-order valence-electron chi connectivity index (χ4n) is 4.03. The molecule has 0 aromatic heterocycles. The molecule has 3 atom stereocenters. The molecule has 1 saturated carbocycles. The van der Waals surface area contributed by atoms with E-state index in [4.69, 9.17) is 5.73 Å². The first-order chi connectivity index (χ1) is 7.72. The second-order valence-corrected chi connectivity index (χ2v) is 5.79. The summed E-state index contributed by atoms with van der Waals surface area (Å²) in [5.41, 5.74) is 9.82. The summed E-state index contributed by atoms with van der Waals surface area (Å²) in [5, 5.41) is 0. The fourth-order valence-corrected chi connectivity index (χ4v) is 4.03. The summed E-state index contributed by atoms with van der Waals surface area (Å²) in [5.74, 6) is 0.705. The molecule has 2 aliphatic carbocycles. The number of nitrogens with two attached hydrogens (primary N) is 1. The van der Waals surface area contributed by atoms with Crippen molar-refractivity contribution in [3.63, 3.8) is 0 Å². The van der Waals surface area contributed by atoms with E-state index in [9.17, 15) is 0 Å². The minimum Gasteiger partial charge on any atom is -0.327 e. The molecule has 1 aromatic rings. The van der Waals surface area contributed by atoms with E-state index >= 15 is 0 Å². The summed E-state index contributed by atoms with van der Waals surface area (Å²) in [4.78, 5) is 0. The lowest BCUT2D eigenvalue weighted by Gasteiger charge is -2.49. The van der Waals surface area contributed by atoms with E-state index in [0.29, 0.717) is 17.4 Å². The van der Waals surface area contributed by atoms with Crippen LogP contribution in [0.1, 0.15) is 43.7 Å². The van der Waals surface area contributed by atoms with Crippen molar-refractivity contribution in [2.45, 2.75) is 50.5 Å². The maximum absolute atomic E-state index is 6.39.